The SMILES string of the molecule is CSCC(=O)NC1(c2noc(C)n2)CCCC1. The van der Waals surface area contributed by atoms with E-state index in [9.17, 15) is 4.79 Å². The first-order chi connectivity index (χ1) is 8.16. The van der Waals surface area contributed by atoms with Crippen LogP contribution in [0.2, 0.25) is 0 Å². The summed E-state index contributed by atoms with van der Waals surface area (Å²) in [7, 11) is 0. The second kappa shape index (κ2) is 5.08. The normalized spacial score (nSPS) is 18.2. The molecule has 1 saturated carbocycles. The van der Waals surface area contributed by atoms with Crippen molar-refractivity contribution in [3.05, 3.63) is 11.7 Å². The molecule has 0 aromatic carbocycles. The van der Waals surface area contributed by atoms with E-state index < -0.39 is 5.54 Å². The Morgan fingerprint density at radius 3 is 2.76 bits per heavy atom. The lowest BCUT2D eigenvalue weighted by Crippen LogP contribution is -2.45. The van der Waals surface area contributed by atoms with Gasteiger partial charge in [0.15, 0.2) is 5.82 Å². The molecule has 5 nitrogen and oxygen atoms in total. The summed E-state index contributed by atoms with van der Waals surface area (Å²) in [6.45, 7) is 1.77. The minimum absolute atomic E-state index is 0.0434. The number of thioether (sulfide) groups is 1. The summed E-state index contributed by atoms with van der Waals surface area (Å²) in [5, 5.41) is 7.05. The number of rotatable bonds is 4. The zero-order chi connectivity index (χ0) is 12.3. The van der Waals surface area contributed by atoms with Crippen LogP contribution in [0, 0.1) is 6.92 Å². The van der Waals surface area contributed by atoms with E-state index in [0.717, 1.165) is 25.7 Å². The molecule has 2 rings (SSSR count). The number of carbonyl (C=O) groups is 1. The summed E-state index contributed by atoms with van der Waals surface area (Å²) in [6, 6.07) is 0. The predicted molar refractivity (Wildman–Crippen MR) is 65.7 cm³/mol. The Balaban J connectivity index is 2.18. The van der Waals surface area contributed by atoms with Crippen molar-refractivity contribution in [1.82, 2.24) is 15.5 Å². The van der Waals surface area contributed by atoms with Crippen molar-refractivity contribution in [2.75, 3.05) is 12.0 Å². The number of aromatic nitrogens is 2. The van der Waals surface area contributed by atoms with E-state index in [4.69, 9.17) is 4.52 Å². The number of nitrogens with one attached hydrogen (secondary N) is 1. The highest BCUT2D eigenvalue weighted by atomic mass is 32.2. The molecule has 0 aliphatic heterocycles. The molecule has 94 valence electrons. The van der Waals surface area contributed by atoms with Crippen LogP contribution >= 0.6 is 11.8 Å². The van der Waals surface area contributed by atoms with Gasteiger partial charge in [-0.05, 0) is 19.1 Å². The molecule has 1 heterocycles. The number of nitrogens with zero attached hydrogens (tertiary/aromatic N) is 2. The van der Waals surface area contributed by atoms with Crippen LogP contribution in [0.25, 0.3) is 0 Å². The molecule has 1 N–H and O–H groups in total. The Morgan fingerprint density at radius 2 is 2.24 bits per heavy atom. The molecule has 1 aliphatic rings. The Bertz CT molecular complexity index is 399. The molecular weight excluding hydrogens is 238 g/mol. The van der Waals surface area contributed by atoms with E-state index >= 15 is 0 Å². The maximum Gasteiger partial charge on any atom is 0.230 e. The van der Waals surface area contributed by atoms with Crippen molar-refractivity contribution in [3.8, 4) is 0 Å². The first-order valence-corrected chi connectivity index (χ1v) is 7.16. The summed E-state index contributed by atoms with van der Waals surface area (Å²) in [4.78, 5) is 16.0. The molecule has 1 aromatic rings. The van der Waals surface area contributed by atoms with E-state index in [2.05, 4.69) is 15.5 Å². The largest absolute Gasteiger partial charge is 0.343 e. The van der Waals surface area contributed by atoms with Crippen LogP contribution in [-0.2, 0) is 10.3 Å². The molecule has 0 bridgehead atoms. The van der Waals surface area contributed by atoms with Crippen LogP contribution in [0.5, 0.6) is 0 Å². The van der Waals surface area contributed by atoms with Gasteiger partial charge in [-0.3, -0.25) is 4.79 Å². The molecule has 1 aromatic heterocycles. The average molecular weight is 255 g/mol. The van der Waals surface area contributed by atoms with Gasteiger partial charge in [-0.1, -0.05) is 18.0 Å². The molecular formula is C11H17N3O2S. The lowest BCUT2D eigenvalue weighted by Gasteiger charge is -2.26. The van der Waals surface area contributed by atoms with Gasteiger partial charge in [0.2, 0.25) is 11.8 Å². The molecule has 0 unspecified atom stereocenters. The molecule has 17 heavy (non-hydrogen) atoms. The fourth-order valence-electron chi connectivity index (χ4n) is 2.31. The van der Waals surface area contributed by atoms with Gasteiger partial charge in [-0.25, -0.2) is 0 Å². The zero-order valence-electron chi connectivity index (χ0n) is 10.2. The third kappa shape index (κ3) is 2.62. The Hall–Kier alpha value is -1.04. The molecule has 1 aliphatic carbocycles. The number of aryl methyl sites for hydroxylation is 1. The van der Waals surface area contributed by atoms with Gasteiger partial charge in [0.05, 0.1) is 5.75 Å². The van der Waals surface area contributed by atoms with Crippen LogP contribution in [0.4, 0.5) is 0 Å². The molecule has 0 saturated heterocycles. The summed E-state index contributed by atoms with van der Waals surface area (Å²) in [5.41, 5.74) is -0.398. The van der Waals surface area contributed by atoms with Crippen LogP contribution in [0.3, 0.4) is 0 Å². The summed E-state index contributed by atoms with van der Waals surface area (Å²) in [6.07, 6.45) is 5.89. The number of amides is 1. The average Bonchev–Trinajstić information content (AvgIpc) is 2.88. The highest BCUT2D eigenvalue weighted by Crippen LogP contribution is 2.37. The minimum Gasteiger partial charge on any atom is -0.343 e. The summed E-state index contributed by atoms with van der Waals surface area (Å²) < 4.78 is 5.03. The standard InChI is InChI=1S/C11H17N3O2S/c1-8-12-10(14-16-8)11(5-3-4-6-11)13-9(15)7-17-2/h3-7H2,1-2H3,(H,13,15). The van der Waals surface area contributed by atoms with Crippen molar-refractivity contribution in [2.24, 2.45) is 0 Å². The Kier molecular flexibility index (Phi) is 3.71. The minimum atomic E-state index is -0.398. The van der Waals surface area contributed by atoms with Gasteiger partial charge in [0.1, 0.15) is 5.54 Å². The van der Waals surface area contributed by atoms with Gasteiger partial charge >= 0.3 is 0 Å². The number of hydrogen-bond acceptors (Lipinski definition) is 5. The van der Waals surface area contributed by atoms with Crippen molar-refractivity contribution in [2.45, 2.75) is 38.1 Å². The van der Waals surface area contributed by atoms with Crippen LogP contribution in [0.1, 0.15) is 37.4 Å². The van der Waals surface area contributed by atoms with E-state index in [1.165, 1.54) is 11.8 Å². The second-order valence-corrected chi connectivity index (χ2v) is 5.27. The third-order valence-electron chi connectivity index (χ3n) is 3.07. The highest BCUT2D eigenvalue weighted by molar-refractivity contribution is 7.99. The zero-order valence-corrected chi connectivity index (χ0v) is 11.0. The molecule has 1 fully saturated rings. The van der Waals surface area contributed by atoms with Crippen molar-refractivity contribution < 1.29 is 9.32 Å². The van der Waals surface area contributed by atoms with Gasteiger partial charge in [-0.2, -0.15) is 16.7 Å². The number of carbonyl (C=O) groups excluding carboxylic acids is 1. The smallest absolute Gasteiger partial charge is 0.230 e. The fourth-order valence-corrected chi connectivity index (χ4v) is 2.65. The molecule has 6 heteroatoms. The monoisotopic (exact) mass is 255 g/mol. The topological polar surface area (TPSA) is 68.0 Å². The molecule has 1 amide bonds. The Labute approximate surface area is 105 Å². The second-order valence-electron chi connectivity index (χ2n) is 4.41. The van der Waals surface area contributed by atoms with E-state index in [0.29, 0.717) is 17.5 Å². The highest BCUT2D eigenvalue weighted by Gasteiger charge is 2.40. The first kappa shape index (κ1) is 12.4. The lowest BCUT2D eigenvalue weighted by molar-refractivity contribution is -0.120. The van der Waals surface area contributed by atoms with Gasteiger partial charge < -0.3 is 9.84 Å². The molecule has 0 spiro atoms. The van der Waals surface area contributed by atoms with E-state index in [1.54, 1.807) is 6.92 Å². The molecule has 0 radical (unpaired) electrons. The van der Waals surface area contributed by atoms with Crippen LogP contribution in [-0.4, -0.2) is 28.1 Å². The Morgan fingerprint density at radius 1 is 1.53 bits per heavy atom. The van der Waals surface area contributed by atoms with E-state index in [-0.39, 0.29) is 5.91 Å². The lowest BCUT2D eigenvalue weighted by atomic mass is 9.96. The van der Waals surface area contributed by atoms with Crippen molar-refractivity contribution in [1.29, 1.82) is 0 Å². The molecule has 0 atom stereocenters. The fraction of sp³-hybridized carbons (Fsp3) is 0.727. The van der Waals surface area contributed by atoms with Crippen LogP contribution in [0.15, 0.2) is 4.52 Å². The number of hydrogen-bond donors (Lipinski definition) is 1. The van der Waals surface area contributed by atoms with Crippen molar-refractivity contribution >= 4 is 17.7 Å². The summed E-state index contributed by atoms with van der Waals surface area (Å²) in [5.74, 6) is 1.69. The first-order valence-electron chi connectivity index (χ1n) is 5.77. The van der Waals surface area contributed by atoms with Gasteiger partial charge in [0.25, 0.3) is 0 Å². The maximum atomic E-state index is 11.8. The quantitative estimate of drug-likeness (QED) is 0.885. The summed E-state index contributed by atoms with van der Waals surface area (Å²) >= 11 is 1.52. The predicted octanol–water partition coefficient (Wildman–Crippen LogP) is 1.63. The van der Waals surface area contributed by atoms with Crippen LogP contribution < -0.4 is 5.32 Å². The van der Waals surface area contributed by atoms with E-state index in [1.807, 2.05) is 6.26 Å². The van der Waals surface area contributed by atoms with Gasteiger partial charge in [-0.15, -0.1) is 0 Å². The maximum absolute atomic E-state index is 11.8. The van der Waals surface area contributed by atoms with Gasteiger partial charge in [0, 0.05) is 6.92 Å². The van der Waals surface area contributed by atoms with Crippen molar-refractivity contribution in [3.63, 3.8) is 0 Å². The third-order valence-corrected chi connectivity index (χ3v) is 3.62.